The maximum absolute atomic E-state index is 10.5. The molecule has 0 radical (unpaired) electrons. The number of pyridine rings is 1. The van der Waals surface area contributed by atoms with Crippen LogP contribution in [0.4, 0.5) is 0 Å². The Morgan fingerprint density at radius 2 is 2.36 bits per heavy atom. The van der Waals surface area contributed by atoms with Crippen LogP contribution in [0.15, 0.2) is 23.2 Å². The number of hydrogen-bond donors (Lipinski definition) is 1. The average Bonchev–Trinajstić information content (AvgIpc) is 2.18. The fourth-order valence-corrected chi connectivity index (χ4v) is 1.78. The lowest BCUT2D eigenvalue weighted by atomic mass is 10.3. The summed E-state index contributed by atoms with van der Waals surface area (Å²) in [5.74, 6) is -0.981. The minimum Gasteiger partial charge on any atom is -0.477 e. The molecule has 1 heterocycles. The monoisotopic (exact) mass is 211 g/mol. The van der Waals surface area contributed by atoms with Gasteiger partial charge in [0.2, 0.25) is 0 Å². The normalized spacial score (nSPS) is 12.4. The van der Waals surface area contributed by atoms with Gasteiger partial charge < -0.3 is 5.11 Å². The Morgan fingerprint density at radius 3 is 2.79 bits per heavy atom. The lowest BCUT2D eigenvalue weighted by Crippen LogP contribution is -1.99. The van der Waals surface area contributed by atoms with E-state index in [4.69, 9.17) is 5.11 Å². The van der Waals surface area contributed by atoms with Gasteiger partial charge in [0.05, 0.1) is 0 Å². The van der Waals surface area contributed by atoms with Crippen LogP contribution in [0.2, 0.25) is 0 Å². The molecular weight excluding hydrogens is 198 g/mol. The summed E-state index contributed by atoms with van der Waals surface area (Å²) < 4.78 is 0. The molecule has 14 heavy (non-hydrogen) atoms. The summed E-state index contributed by atoms with van der Waals surface area (Å²) in [5, 5.41) is 9.17. The Labute approximate surface area is 87.6 Å². The maximum Gasteiger partial charge on any atom is 0.354 e. The van der Waals surface area contributed by atoms with Crippen molar-refractivity contribution >= 4 is 17.7 Å². The number of carboxylic acids is 1. The van der Waals surface area contributed by atoms with Gasteiger partial charge in [0.15, 0.2) is 0 Å². The van der Waals surface area contributed by atoms with Gasteiger partial charge in [0.25, 0.3) is 0 Å². The van der Waals surface area contributed by atoms with Crippen LogP contribution in [0.25, 0.3) is 0 Å². The topological polar surface area (TPSA) is 50.2 Å². The lowest BCUT2D eigenvalue weighted by Gasteiger charge is -2.07. The van der Waals surface area contributed by atoms with E-state index < -0.39 is 5.97 Å². The summed E-state index contributed by atoms with van der Waals surface area (Å²) in [6, 6.07) is 3.33. The van der Waals surface area contributed by atoms with Gasteiger partial charge in [0.1, 0.15) is 5.69 Å². The molecule has 76 valence electrons. The Kier molecular flexibility index (Phi) is 3.95. The number of rotatable bonds is 4. The van der Waals surface area contributed by atoms with Crippen LogP contribution in [0, 0.1) is 0 Å². The second kappa shape index (κ2) is 5.00. The predicted octanol–water partition coefficient (Wildman–Crippen LogP) is 2.67. The summed E-state index contributed by atoms with van der Waals surface area (Å²) in [6.07, 6.45) is 2.70. The summed E-state index contributed by atoms with van der Waals surface area (Å²) in [4.78, 5) is 15.4. The molecule has 0 spiro atoms. The fraction of sp³-hybridized carbons (Fsp3) is 0.400. The molecule has 3 nitrogen and oxygen atoms in total. The fourth-order valence-electron chi connectivity index (χ4n) is 0.892. The van der Waals surface area contributed by atoms with Crippen molar-refractivity contribution in [3.05, 3.63) is 24.0 Å². The van der Waals surface area contributed by atoms with Gasteiger partial charge in [0, 0.05) is 16.3 Å². The van der Waals surface area contributed by atoms with Crippen LogP contribution in [-0.4, -0.2) is 21.3 Å². The zero-order chi connectivity index (χ0) is 10.6. The lowest BCUT2D eigenvalue weighted by molar-refractivity contribution is 0.0690. The van der Waals surface area contributed by atoms with Crippen molar-refractivity contribution in [1.29, 1.82) is 0 Å². The first-order valence-electron chi connectivity index (χ1n) is 4.49. The minimum atomic E-state index is -0.981. The van der Waals surface area contributed by atoms with Gasteiger partial charge in [-0.15, -0.1) is 11.8 Å². The van der Waals surface area contributed by atoms with Crippen molar-refractivity contribution in [2.45, 2.75) is 30.4 Å². The Balaban J connectivity index is 2.68. The minimum absolute atomic E-state index is 0.0958. The van der Waals surface area contributed by atoms with Crippen molar-refractivity contribution in [2.24, 2.45) is 0 Å². The Hall–Kier alpha value is -1.03. The van der Waals surface area contributed by atoms with E-state index in [1.807, 2.05) is 0 Å². The van der Waals surface area contributed by atoms with E-state index in [0.29, 0.717) is 5.25 Å². The highest BCUT2D eigenvalue weighted by Gasteiger charge is 2.05. The van der Waals surface area contributed by atoms with Gasteiger partial charge in [-0.1, -0.05) is 13.8 Å². The summed E-state index contributed by atoms with van der Waals surface area (Å²) >= 11 is 1.71. The van der Waals surface area contributed by atoms with E-state index in [-0.39, 0.29) is 5.69 Å². The number of thioether (sulfide) groups is 1. The molecule has 0 saturated heterocycles. The van der Waals surface area contributed by atoms with E-state index in [0.717, 1.165) is 11.3 Å². The smallest absolute Gasteiger partial charge is 0.354 e. The van der Waals surface area contributed by atoms with Crippen molar-refractivity contribution in [3.8, 4) is 0 Å². The molecule has 0 aliphatic rings. The number of hydrogen-bond acceptors (Lipinski definition) is 3. The molecule has 1 aromatic heterocycles. The van der Waals surface area contributed by atoms with E-state index in [1.54, 1.807) is 24.0 Å². The molecule has 0 bridgehead atoms. The molecule has 0 fully saturated rings. The van der Waals surface area contributed by atoms with Gasteiger partial charge >= 0.3 is 5.97 Å². The van der Waals surface area contributed by atoms with Crippen LogP contribution in [0.3, 0.4) is 0 Å². The molecule has 0 aliphatic carbocycles. The van der Waals surface area contributed by atoms with Gasteiger partial charge in [-0.25, -0.2) is 9.78 Å². The number of carboxylic acid groups (broad SMARTS) is 1. The summed E-state index contributed by atoms with van der Waals surface area (Å²) in [7, 11) is 0. The second-order valence-corrected chi connectivity index (χ2v) is 4.53. The molecule has 1 N–H and O–H groups in total. The quantitative estimate of drug-likeness (QED) is 0.778. The SMILES string of the molecule is CCC(C)Sc1ccc(C(=O)O)nc1. The number of nitrogens with zero attached hydrogens (tertiary/aromatic N) is 1. The van der Waals surface area contributed by atoms with Crippen molar-refractivity contribution < 1.29 is 9.90 Å². The second-order valence-electron chi connectivity index (χ2n) is 3.02. The third-order valence-corrected chi connectivity index (χ3v) is 3.12. The van der Waals surface area contributed by atoms with Crippen molar-refractivity contribution in [1.82, 2.24) is 4.98 Å². The molecular formula is C10H13NO2S. The van der Waals surface area contributed by atoms with E-state index in [2.05, 4.69) is 18.8 Å². The molecule has 0 saturated carbocycles. The van der Waals surface area contributed by atoms with Crippen molar-refractivity contribution in [2.75, 3.05) is 0 Å². The van der Waals surface area contributed by atoms with Crippen molar-refractivity contribution in [3.63, 3.8) is 0 Å². The zero-order valence-corrected chi connectivity index (χ0v) is 9.04. The van der Waals surface area contributed by atoms with Crippen LogP contribution in [0.5, 0.6) is 0 Å². The highest BCUT2D eigenvalue weighted by atomic mass is 32.2. The summed E-state index contributed by atoms with van der Waals surface area (Å²) in [6.45, 7) is 4.26. The average molecular weight is 211 g/mol. The first-order valence-corrected chi connectivity index (χ1v) is 5.37. The largest absolute Gasteiger partial charge is 0.477 e. The Bertz CT molecular complexity index is 310. The molecule has 0 aromatic carbocycles. The maximum atomic E-state index is 10.5. The molecule has 0 amide bonds. The zero-order valence-electron chi connectivity index (χ0n) is 8.23. The number of carbonyl (C=O) groups is 1. The highest BCUT2D eigenvalue weighted by Crippen LogP contribution is 2.23. The third-order valence-electron chi connectivity index (χ3n) is 1.87. The van der Waals surface area contributed by atoms with Crippen LogP contribution in [0.1, 0.15) is 30.8 Å². The van der Waals surface area contributed by atoms with Crippen LogP contribution >= 0.6 is 11.8 Å². The third kappa shape index (κ3) is 3.03. The molecule has 1 atom stereocenters. The van der Waals surface area contributed by atoms with Crippen LogP contribution < -0.4 is 0 Å². The van der Waals surface area contributed by atoms with E-state index >= 15 is 0 Å². The highest BCUT2D eigenvalue weighted by molar-refractivity contribution is 7.99. The number of aromatic carboxylic acids is 1. The van der Waals surface area contributed by atoms with E-state index in [9.17, 15) is 4.79 Å². The molecule has 1 aromatic rings. The molecule has 1 rings (SSSR count). The van der Waals surface area contributed by atoms with Gasteiger partial charge in [-0.05, 0) is 18.6 Å². The first-order chi connectivity index (χ1) is 6.63. The van der Waals surface area contributed by atoms with Crippen LogP contribution in [-0.2, 0) is 0 Å². The molecule has 1 unspecified atom stereocenters. The summed E-state index contributed by atoms with van der Waals surface area (Å²) in [5.41, 5.74) is 0.0958. The molecule has 4 heteroatoms. The molecule has 0 aliphatic heterocycles. The first kappa shape index (κ1) is 11.0. The van der Waals surface area contributed by atoms with Gasteiger partial charge in [-0.2, -0.15) is 0 Å². The van der Waals surface area contributed by atoms with Gasteiger partial charge in [-0.3, -0.25) is 0 Å². The predicted molar refractivity (Wildman–Crippen MR) is 56.8 cm³/mol. The van der Waals surface area contributed by atoms with E-state index in [1.165, 1.54) is 6.07 Å². The standard InChI is InChI=1S/C10H13NO2S/c1-3-7(2)14-8-4-5-9(10(12)13)11-6-8/h4-7H,3H2,1-2H3,(H,12,13). The Morgan fingerprint density at radius 1 is 1.64 bits per heavy atom. The number of aromatic nitrogens is 1.